The Bertz CT molecular complexity index is 458. The number of nitrogens with one attached hydrogen (secondary N) is 1. The molecule has 4 nitrogen and oxygen atoms in total. The Kier molecular flexibility index (Phi) is 4.82. The zero-order chi connectivity index (χ0) is 13.8. The number of halogens is 1. The van der Waals surface area contributed by atoms with Crippen molar-refractivity contribution in [2.75, 3.05) is 7.11 Å². The predicted molar refractivity (Wildman–Crippen MR) is 76.5 cm³/mol. The second-order valence-corrected chi connectivity index (χ2v) is 5.72. The van der Waals surface area contributed by atoms with E-state index in [2.05, 4.69) is 21.2 Å². The van der Waals surface area contributed by atoms with Gasteiger partial charge in [-0.25, -0.2) is 0 Å². The minimum Gasteiger partial charge on any atom is -0.496 e. The van der Waals surface area contributed by atoms with E-state index in [4.69, 9.17) is 4.74 Å². The molecule has 1 fully saturated rings. The number of aliphatic carboxylic acids is 1. The highest BCUT2D eigenvalue weighted by Crippen LogP contribution is 2.30. The van der Waals surface area contributed by atoms with E-state index in [0.717, 1.165) is 17.3 Å². The third kappa shape index (κ3) is 3.48. The highest BCUT2D eigenvalue weighted by atomic mass is 79.9. The van der Waals surface area contributed by atoms with Gasteiger partial charge in [-0.05, 0) is 31.0 Å². The van der Waals surface area contributed by atoms with E-state index in [0.29, 0.717) is 11.3 Å². The Morgan fingerprint density at radius 2 is 2.16 bits per heavy atom. The summed E-state index contributed by atoms with van der Waals surface area (Å²) in [5.41, 5.74) is 0.663. The lowest BCUT2D eigenvalue weighted by atomic mass is 10.0. The van der Waals surface area contributed by atoms with Crippen molar-refractivity contribution in [3.63, 3.8) is 0 Å². The van der Waals surface area contributed by atoms with Crippen LogP contribution >= 0.6 is 15.9 Å². The molecular formula is C14H18BrNO3. The average Bonchev–Trinajstić information content (AvgIpc) is 2.88. The van der Waals surface area contributed by atoms with Gasteiger partial charge in [0.15, 0.2) is 0 Å². The number of carbonyl (C=O) groups is 1. The first-order valence-corrected chi connectivity index (χ1v) is 7.23. The van der Waals surface area contributed by atoms with Crippen molar-refractivity contribution in [2.24, 2.45) is 0 Å². The maximum atomic E-state index is 11.5. The van der Waals surface area contributed by atoms with Crippen LogP contribution in [0.2, 0.25) is 0 Å². The van der Waals surface area contributed by atoms with Crippen LogP contribution in [0.5, 0.6) is 5.75 Å². The van der Waals surface area contributed by atoms with Gasteiger partial charge in [-0.2, -0.15) is 0 Å². The van der Waals surface area contributed by atoms with Gasteiger partial charge in [0.25, 0.3) is 0 Å². The lowest BCUT2D eigenvalue weighted by Crippen LogP contribution is -2.35. The van der Waals surface area contributed by atoms with Gasteiger partial charge in [0, 0.05) is 16.1 Å². The normalized spacial score (nSPS) is 17.4. The fourth-order valence-corrected chi connectivity index (χ4v) is 2.93. The summed E-state index contributed by atoms with van der Waals surface area (Å²) in [7, 11) is 1.56. The highest BCUT2D eigenvalue weighted by molar-refractivity contribution is 9.10. The molecule has 1 unspecified atom stereocenters. The molecule has 1 atom stereocenters. The Morgan fingerprint density at radius 3 is 2.74 bits per heavy atom. The molecular weight excluding hydrogens is 310 g/mol. The second-order valence-electron chi connectivity index (χ2n) is 4.81. The summed E-state index contributed by atoms with van der Waals surface area (Å²) in [6.45, 7) is 0. The lowest BCUT2D eigenvalue weighted by molar-refractivity contribution is -0.140. The number of carboxylic acid groups (broad SMARTS) is 1. The first-order chi connectivity index (χ1) is 9.11. The fourth-order valence-electron chi connectivity index (χ4n) is 2.55. The highest BCUT2D eigenvalue weighted by Gasteiger charge is 2.27. The van der Waals surface area contributed by atoms with Gasteiger partial charge in [-0.15, -0.1) is 0 Å². The first kappa shape index (κ1) is 14.3. The first-order valence-electron chi connectivity index (χ1n) is 6.44. The molecule has 0 heterocycles. The van der Waals surface area contributed by atoms with Crippen molar-refractivity contribution in [2.45, 2.75) is 37.8 Å². The van der Waals surface area contributed by atoms with Crippen LogP contribution in [-0.2, 0) is 4.79 Å². The molecule has 0 aliphatic heterocycles. The summed E-state index contributed by atoms with van der Waals surface area (Å²) in [6, 6.07) is 4.99. The van der Waals surface area contributed by atoms with Crippen molar-refractivity contribution in [1.82, 2.24) is 5.32 Å². The zero-order valence-electron chi connectivity index (χ0n) is 10.9. The SMILES string of the molecule is COc1ccc(Br)cc1C(NC1CCCC1)C(=O)O. The Balaban J connectivity index is 2.27. The third-order valence-electron chi connectivity index (χ3n) is 3.51. The minimum atomic E-state index is -0.872. The molecule has 19 heavy (non-hydrogen) atoms. The van der Waals surface area contributed by atoms with Crippen LogP contribution in [0.4, 0.5) is 0 Å². The number of benzene rings is 1. The largest absolute Gasteiger partial charge is 0.496 e. The van der Waals surface area contributed by atoms with E-state index in [9.17, 15) is 9.90 Å². The number of hydrogen-bond acceptors (Lipinski definition) is 3. The molecule has 2 N–H and O–H groups in total. The van der Waals surface area contributed by atoms with Gasteiger partial charge in [-0.1, -0.05) is 28.8 Å². The van der Waals surface area contributed by atoms with Gasteiger partial charge >= 0.3 is 5.97 Å². The van der Waals surface area contributed by atoms with Crippen molar-refractivity contribution in [3.8, 4) is 5.75 Å². The quantitative estimate of drug-likeness (QED) is 0.872. The average molecular weight is 328 g/mol. The predicted octanol–water partition coefficient (Wildman–Crippen LogP) is 3.12. The van der Waals surface area contributed by atoms with Crippen LogP contribution in [0.1, 0.15) is 37.3 Å². The molecule has 2 rings (SSSR count). The summed E-state index contributed by atoms with van der Waals surface area (Å²) in [4.78, 5) is 11.5. The third-order valence-corrected chi connectivity index (χ3v) is 4.00. The van der Waals surface area contributed by atoms with Gasteiger partial charge in [0.05, 0.1) is 7.11 Å². The van der Waals surface area contributed by atoms with Crippen LogP contribution in [0.25, 0.3) is 0 Å². The molecule has 0 aromatic heterocycles. The molecule has 0 spiro atoms. The zero-order valence-corrected chi connectivity index (χ0v) is 12.4. The molecule has 1 aliphatic carbocycles. The van der Waals surface area contributed by atoms with Gasteiger partial charge in [0.2, 0.25) is 0 Å². The van der Waals surface area contributed by atoms with E-state index < -0.39 is 12.0 Å². The second kappa shape index (κ2) is 6.39. The molecule has 1 aromatic rings. The van der Waals surface area contributed by atoms with Crippen molar-refractivity contribution in [1.29, 1.82) is 0 Å². The smallest absolute Gasteiger partial charge is 0.325 e. The van der Waals surface area contributed by atoms with Gasteiger partial charge < -0.3 is 9.84 Å². The Labute approximate surface area is 121 Å². The van der Waals surface area contributed by atoms with Crippen molar-refractivity contribution < 1.29 is 14.6 Å². The van der Waals surface area contributed by atoms with E-state index >= 15 is 0 Å². The molecule has 0 amide bonds. The van der Waals surface area contributed by atoms with Crippen molar-refractivity contribution in [3.05, 3.63) is 28.2 Å². The summed E-state index contributed by atoms with van der Waals surface area (Å²) in [5, 5.41) is 12.7. The van der Waals surface area contributed by atoms with Crippen LogP contribution in [0, 0.1) is 0 Å². The molecule has 0 radical (unpaired) electrons. The van der Waals surface area contributed by atoms with Crippen LogP contribution in [-0.4, -0.2) is 24.2 Å². The number of hydrogen-bond donors (Lipinski definition) is 2. The molecule has 0 bridgehead atoms. The molecule has 1 aromatic carbocycles. The molecule has 1 aliphatic rings. The van der Waals surface area contributed by atoms with Gasteiger partial charge in [-0.3, -0.25) is 10.1 Å². The number of methoxy groups -OCH3 is 1. The van der Waals surface area contributed by atoms with Crippen molar-refractivity contribution >= 4 is 21.9 Å². The standard InChI is InChI=1S/C14H18BrNO3/c1-19-12-7-6-9(15)8-11(12)13(14(17)18)16-10-4-2-3-5-10/h6-8,10,13,16H,2-5H2,1H3,(H,17,18). The van der Waals surface area contributed by atoms with Crippen LogP contribution < -0.4 is 10.1 Å². The van der Waals surface area contributed by atoms with E-state index in [-0.39, 0.29) is 6.04 Å². The maximum absolute atomic E-state index is 11.5. The monoisotopic (exact) mass is 327 g/mol. The summed E-state index contributed by atoms with van der Waals surface area (Å²) >= 11 is 3.38. The number of carboxylic acids is 1. The minimum absolute atomic E-state index is 0.282. The van der Waals surface area contributed by atoms with Crippen LogP contribution in [0.15, 0.2) is 22.7 Å². The lowest BCUT2D eigenvalue weighted by Gasteiger charge is -2.21. The van der Waals surface area contributed by atoms with E-state index in [1.54, 1.807) is 19.2 Å². The van der Waals surface area contributed by atoms with E-state index in [1.165, 1.54) is 12.8 Å². The molecule has 104 valence electrons. The molecule has 0 saturated heterocycles. The summed E-state index contributed by atoms with van der Waals surface area (Å²) in [6.07, 6.45) is 4.42. The summed E-state index contributed by atoms with van der Waals surface area (Å²) in [5.74, 6) is -0.274. The number of rotatable bonds is 5. The summed E-state index contributed by atoms with van der Waals surface area (Å²) < 4.78 is 6.12. The Hall–Kier alpha value is -1.07. The van der Waals surface area contributed by atoms with Crippen LogP contribution in [0.3, 0.4) is 0 Å². The van der Waals surface area contributed by atoms with E-state index in [1.807, 2.05) is 6.07 Å². The Morgan fingerprint density at radius 1 is 1.47 bits per heavy atom. The molecule has 1 saturated carbocycles. The number of ether oxygens (including phenoxy) is 1. The fraction of sp³-hybridized carbons (Fsp3) is 0.500. The molecule has 5 heteroatoms. The van der Waals surface area contributed by atoms with Gasteiger partial charge in [0.1, 0.15) is 11.8 Å². The topological polar surface area (TPSA) is 58.6 Å². The maximum Gasteiger partial charge on any atom is 0.325 e.